The summed E-state index contributed by atoms with van der Waals surface area (Å²) >= 11 is 0. The number of urea groups is 1. The zero-order valence-corrected chi connectivity index (χ0v) is 13.1. The topological polar surface area (TPSA) is 66.5 Å². The van der Waals surface area contributed by atoms with Crippen molar-refractivity contribution in [1.82, 2.24) is 15.2 Å². The van der Waals surface area contributed by atoms with Crippen molar-refractivity contribution in [3.8, 4) is 0 Å². The van der Waals surface area contributed by atoms with Crippen LogP contribution in [0.3, 0.4) is 0 Å². The number of piperidine rings is 1. The van der Waals surface area contributed by atoms with Crippen molar-refractivity contribution in [2.75, 3.05) is 38.2 Å². The Morgan fingerprint density at radius 3 is 2.91 bits per heavy atom. The van der Waals surface area contributed by atoms with E-state index in [1.807, 2.05) is 0 Å². The first-order chi connectivity index (χ1) is 11.2. The molecule has 0 bridgehead atoms. The first kappa shape index (κ1) is 16.1. The number of halogens is 1. The molecular formula is C16H23FN4O2. The number of ether oxygens (including phenoxy) is 1. The molecule has 126 valence electrons. The van der Waals surface area contributed by atoms with Crippen molar-refractivity contribution in [2.45, 2.75) is 25.3 Å². The Morgan fingerprint density at radius 1 is 1.39 bits per heavy atom. The minimum Gasteiger partial charge on any atom is -0.381 e. The van der Waals surface area contributed by atoms with Crippen LogP contribution in [-0.2, 0) is 4.74 Å². The van der Waals surface area contributed by atoms with Gasteiger partial charge in [-0.1, -0.05) is 0 Å². The number of rotatable bonds is 4. The standard InChI is InChI=1S/C16H23FN4O2/c17-14-9-18-5-1-15(14)20-16(22)19-13-2-6-21(7-3-13)10-12-4-8-23-11-12/h1,5,9,12-13H,2-4,6-8,10-11H2,(H2,18,19,20,22)/t12-/m1/s1. The normalized spacial score (nSPS) is 22.9. The number of pyridine rings is 1. The molecule has 0 aromatic carbocycles. The summed E-state index contributed by atoms with van der Waals surface area (Å²) in [7, 11) is 0. The second-order valence-electron chi connectivity index (χ2n) is 6.26. The third kappa shape index (κ3) is 4.62. The highest BCUT2D eigenvalue weighted by atomic mass is 19.1. The largest absolute Gasteiger partial charge is 0.381 e. The Hall–Kier alpha value is -1.73. The molecule has 0 aliphatic carbocycles. The highest BCUT2D eigenvalue weighted by Gasteiger charge is 2.24. The first-order valence-corrected chi connectivity index (χ1v) is 8.18. The van der Waals surface area contributed by atoms with Gasteiger partial charge in [0, 0.05) is 38.5 Å². The van der Waals surface area contributed by atoms with Gasteiger partial charge in [-0.3, -0.25) is 4.98 Å². The Balaban J connectivity index is 1.40. The van der Waals surface area contributed by atoms with Gasteiger partial charge in [0.1, 0.15) is 0 Å². The van der Waals surface area contributed by atoms with Crippen LogP contribution in [0.4, 0.5) is 14.9 Å². The summed E-state index contributed by atoms with van der Waals surface area (Å²) in [5, 5.41) is 5.45. The van der Waals surface area contributed by atoms with Gasteiger partial charge in [0.2, 0.25) is 0 Å². The molecule has 3 heterocycles. The quantitative estimate of drug-likeness (QED) is 0.888. The Kier molecular flexibility index (Phi) is 5.40. The lowest BCUT2D eigenvalue weighted by Gasteiger charge is -2.33. The van der Waals surface area contributed by atoms with E-state index in [2.05, 4.69) is 20.5 Å². The lowest BCUT2D eigenvalue weighted by Crippen LogP contribution is -2.47. The Labute approximate surface area is 135 Å². The number of hydrogen-bond acceptors (Lipinski definition) is 4. The average molecular weight is 322 g/mol. The maximum Gasteiger partial charge on any atom is 0.319 e. The number of hydrogen-bond donors (Lipinski definition) is 2. The summed E-state index contributed by atoms with van der Waals surface area (Å²) in [6, 6.07) is 1.22. The minimum atomic E-state index is -0.531. The van der Waals surface area contributed by atoms with Crippen molar-refractivity contribution in [1.29, 1.82) is 0 Å². The number of aromatic nitrogens is 1. The molecule has 1 atom stereocenters. The maximum absolute atomic E-state index is 13.5. The molecule has 7 heteroatoms. The predicted molar refractivity (Wildman–Crippen MR) is 84.7 cm³/mol. The molecule has 3 rings (SSSR count). The Bertz CT molecular complexity index is 529. The van der Waals surface area contributed by atoms with E-state index >= 15 is 0 Å². The van der Waals surface area contributed by atoms with Crippen LogP contribution in [0.25, 0.3) is 0 Å². The molecule has 23 heavy (non-hydrogen) atoms. The molecule has 6 nitrogen and oxygen atoms in total. The molecule has 2 saturated heterocycles. The summed E-state index contributed by atoms with van der Waals surface area (Å²) in [4.78, 5) is 18.1. The summed E-state index contributed by atoms with van der Waals surface area (Å²) in [6.45, 7) is 4.80. The molecular weight excluding hydrogens is 299 g/mol. The van der Waals surface area contributed by atoms with Gasteiger partial charge in [0.15, 0.2) is 5.82 Å². The second-order valence-corrected chi connectivity index (χ2v) is 6.26. The summed E-state index contributed by atoms with van der Waals surface area (Å²) < 4.78 is 18.9. The van der Waals surface area contributed by atoms with Gasteiger partial charge in [0.25, 0.3) is 0 Å². The number of anilines is 1. The molecule has 1 aromatic heterocycles. The number of nitrogens with one attached hydrogen (secondary N) is 2. The van der Waals surface area contributed by atoms with Gasteiger partial charge in [0.05, 0.1) is 18.5 Å². The number of carbonyl (C=O) groups is 1. The molecule has 2 amide bonds. The van der Waals surface area contributed by atoms with Crippen molar-refractivity contribution in [3.63, 3.8) is 0 Å². The van der Waals surface area contributed by atoms with Crippen LogP contribution in [0.2, 0.25) is 0 Å². The van der Waals surface area contributed by atoms with Gasteiger partial charge >= 0.3 is 6.03 Å². The SMILES string of the molecule is O=C(Nc1ccncc1F)NC1CCN(C[C@H]2CCOC2)CC1. The molecule has 0 saturated carbocycles. The molecule has 2 aliphatic heterocycles. The Morgan fingerprint density at radius 2 is 2.22 bits per heavy atom. The van der Waals surface area contributed by atoms with Gasteiger partial charge in [-0.2, -0.15) is 0 Å². The van der Waals surface area contributed by atoms with Crippen LogP contribution in [0.1, 0.15) is 19.3 Å². The van der Waals surface area contributed by atoms with Gasteiger partial charge in [-0.05, 0) is 31.2 Å². The van der Waals surface area contributed by atoms with Gasteiger partial charge in [-0.15, -0.1) is 0 Å². The smallest absolute Gasteiger partial charge is 0.319 e. The molecule has 0 radical (unpaired) electrons. The molecule has 2 aliphatic rings. The molecule has 0 spiro atoms. The minimum absolute atomic E-state index is 0.135. The van der Waals surface area contributed by atoms with E-state index in [1.165, 1.54) is 12.3 Å². The monoisotopic (exact) mass is 322 g/mol. The number of amides is 2. The van der Waals surface area contributed by atoms with E-state index in [-0.39, 0.29) is 17.8 Å². The van der Waals surface area contributed by atoms with Crippen LogP contribution in [0.5, 0.6) is 0 Å². The number of nitrogens with zero attached hydrogens (tertiary/aromatic N) is 2. The van der Waals surface area contributed by atoms with Crippen molar-refractivity contribution >= 4 is 11.7 Å². The first-order valence-electron chi connectivity index (χ1n) is 8.18. The second kappa shape index (κ2) is 7.70. The highest BCUT2D eigenvalue weighted by molar-refractivity contribution is 5.89. The fourth-order valence-corrected chi connectivity index (χ4v) is 3.17. The van der Waals surface area contributed by atoms with Gasteiger partial charge < -0.3 is 20.3 Å². The number of likely N-dealkylation sites (tertiary alicyclic amines) is 1. The zero-order chi connectivity index (χ0) is 16.1. The van der Waals surface area contributed by atoms with E-state index in [9.17, 15) is 9.18 Å². The van der Waals surface area contributed by atoms with Crippen LogP contribution in [0, 0.1) is 11.7 Å². The van der Waals surface area contributed by atoms with E-state index in [0.29, 0.717) is 5.92 Å². The molecule has 1 aromatic rings. The molecule has 2 N–H and O–H groups in total. The fraction of sp³-hybridized carbons (Fsp3) is 0.625. The number of carbonyl (C=O) groups excluding carboxylic acids is 1. The third-order valence-electron chi connectivity index (χ3n) is 4.48. The lowest BCUT2D eigenvalue weighted by atomic mass is 10.0. The zero-order valence-electron chi connectivity index (χ0n) is 13.1. The fourth-order valence-electron chi connectivity index (χ4n) is 3.17. The summed E-state index contributed by atoms with van der Waals surface area (Å²) in [5.74, 6) is 0.119. The molecule has 0 unspecified atom stereocenters. The van der Waals surface area contributed by atoms with Crippen molar-refractivity contribution < 1.29 is 13.9 Å². The van der Waals surface area contributed by atoms with Crippen molar-refractivity contribution in [2.24, 2.45) is 5.92 Å². The van der Waals surface area contributed by atoms with Crippen LogP contribution in [0.15, 0.2) is 18.5 Å². The average Bonchev–Trinajstić information content (AvgIpc) is 3.04. The van der Waals surface area contributed by atoms with E-state index in [1.54, 1.807) is 0 Å². The summed E-state index contributed by atoms with van der Waals surface area (Å²) in [5.41, 5.74) is 0.149. The predicted octanol–water partition coefficient (Wildman–Crippen LogP) is 1.84. The van der Waals surface area contributed by atoms with E-state index in [4.69, 9.17) is 4.74 Å². The van der Waals surface area contributed by atoms with E-state index < -0.39 is 5.82 Å². The lowest BCUT2D eigenvalue weighted by molar-refractivity contribution is 0.148. The van der Waals surface area contributed by atoms with Crippen LogP contribution in [-0.4, -0.2) is 54.8 Å². The van der Waals surface area contributed by atoms with Gasteiger partial charge in [-0.25, -0.2) is 9.18 Å². The maximum atomic E-state index is 13.5. The van der Waals surface area contributed by atoms with Crippen molar-refractivity contribution in [3.05, 3.63) is 24.3 Å². The highest BCUT2D eigenvalue weighted by Crippen LogP contribution is 2.18. The third-order valence-corrected chi connectivity index (χ3v) is 4.48. The van der Waals surface area contributed by atoms with E-state index in [0.717, 1.165) is 58.3 Å². The van der Waals surface area contributed by atoms with Crippen LogP contribution >= 0.6 is 0 Å². The van der Waals surface area contributed by atoms with Crippen LogP contribution < -0.4 is 10.6 Å². The summed E-state index contributed by atoms with van der Waals surface area (Å²) in [6.07, 6.45) is 5.52. The molecule has 2 fully saturated rings.